The van der Waals surface area contributed by atoms with Crippen molar-refractivity contribution in [2.45, 2.75) is 26.3 Å². The average molecular weight is 315 g/mol. The Morgan fingerprint density at radius 2 is 2.44 bits per heavy atom. The molecule has 1 atom stereocenters. The molecule has 1 unspecified atom stereocenters. The lowest BCUT2D eigenvalue weighted by Crippen LogP contribution is -2.47. The van der Waals surface area contributed by atoms with Crippen LogP contribution in [0.5, 0.6) is 5.88 Å². The fourth-order valence-corrected chi connectivity index (χ4v) is 2.44. The Hall–Kier alpha value is -1.30. The third kappa shape index (κ3) is 2.58. The molecule has 6 heteroatoms. The van der Waals surface area contributed by atoms with Crippen molar-refractivity contribution in [1.82, 2.24) is 4.98 Å². The van der Waals surface area contributed by atoms with Crippen LogP contribution >= 0.6 is 15.9 Å². The number of aromatic nitrogens is 1. The van der Waals surface area contributed by atoms with E-state index in [-0.39, 0.29) is 6.04 Å². The maximum atomic E-state index is 11.4. The number of halogens is 1. The summed E-state index contributed by atoms with van der Waals surface area (Å²) >= 11 is 3.30. The van der Waals surface area contributed by atoms with Crippen molar-refractivity contribution in [1.29, 1.82) is 0 Å². The Bertz CT molecular complexity index is 465. The van der Waals surface area contributed by atoms with Crippen molar-refractivity contribution in [3.63, 3.8) is 0 Å². The Kier molecular flexibility index (Phi) is 3.75. The Morgan fingerprint density at radius 1 is 1.72 bits per heavy atom. The number of fused-ring (bicyclic) bond motifs is 1. The standard InChI is InChI=1S/C12H15BrN2O3/c1-7(2)3-9-6-18-11-10(15(9)12(16)17)4-8(13)5-14-11/h4-5,7,9H,3,6H2,1-2H3,(H,16,17). The zero-order valence-electron chi connectivity index (χ0n) is 10.3. The summed E-state index contributed by atoms with van der Waals surface area (Å²) in [5.74, 6) is 0.780. The molecule has 2 rings (SSSR count). The van der Waals surface area contributed by atoms with Gasteiger partial charge >= 0.3 is 6.09 Å². The molecule has 0 aromatic carbocycles. The van der Waals surface area contributed by atoms with Crippen LogP contribution in [0.1, 0.15) is 20.3 Å². The number of anilines is 1. The number of nitrogens with zero attached hydrogens (tertiary/aromatic N) is 2. The van der Waals surface area contributed by atoms with Crippen molar-refractivity contribution in [2.24, 2.45) is 5.92 Å². The molecule has 0 fully saturated rings. The van der Waals surface area contributed by atoms with Crippen LogP contribution in [0.25, 0.3) is 0 Å². The predicted octanol–water partition coefficient (Wildman–Crippen LogP) is 3.14. The number of pyridine rings is 1. The highest BCUT2D eigenvalue weighted by Gasteiger charge is 2.33. The van der Waals surface area contributed by atoms with Crippen LogP contribution in [0.2, 0.25) is 0 Å². The van der Waals surface area contributed by atoms with Gasteiger partial charge in [0.05, 0.1) is 6.04 Å². The molecular formula is C12H15BrN2O3. The molecule has 1 aromatic rings. The lowest BCUT2D eigenvalue weighted by Gasteiger charge is -2.35. The van der Waals surface area contributed by atoms with Gasteiger partial charge in [0.1, 0.15) is 12.3 Å². The van der Waals surface area contributed by atoms with Gasteiger partial charge in [0, 0.05) is 10.7 Å². The molecule has 2 heterocycles. The molecular weight excluding hydrogens is 300 g/mol. The predicted molar refractivity (Wildman–Crippen MR) is 71.2 cm³/mol. The molecule has 98 valence electrons. The van der Waals surface area contributed by atoms with E-state index in [9.17, 15) is 9.90 Å². The smallest absolute Gasteiger partial charge is 0.412 e. The number of carbonyl (C=O) groups is 1. The molecule has 0 spiro atoms. The van der Waals surface area contributed by atoms with E-state index < -0.39 is 6.09 Å². The summed E-state index contributed by atoms with van der Waals surface area (Å²) in [6, 6.07) is 1.56. The third-order valence-electron chi connectivity index (χ3n) is 2.79. The third-order valence-corrected chi connectivity index (χ3v) is 3.22. The summed E-state index contributed by atoms with van der Waals surface area (Å²) in [6.07, 6.45) is 1.39. The number of amides is 1. The minimum Gasteiger partial charge on any atom is -0.474 e. The van der Waals surface area contributed by atoms with Gasteiger partial charge < -0.3 is 9.84 Å². The number of ether oxygens (including phenoxy) is 1. The summed E-state index contributed by atoms with van der Waals surface area (Å²) in [5, 5.41) is 9.39. The van der Waals surface area contributed by atoms with Crippen LogP contribution in [0.4, 0.5) is 10.5 Å². The van der Waals surface area contributed by atoms with Crippen LogP contribution < -0.4 is 9.64 Å². The Balaban J connectivity index is 2.38. The second kappa shape index (κ2) is 5.14. The zero-order valence-corrected chi connectivity index (χ0v) is 11.8. The van der Waals surface area contributed by atoms with Crippen molar-refractivity contribution in [3.05, 3.63) is 16.7 Å². The molecule has 1 aromatic heterocycles. The maximum absolute atomic E-state index is 11.4. The van der Waals surface area contributed by atoms with E-state index in [2.05, 4.69) is 34.8 Å². The van der Waals surface area contributed by atoms with Crippen LogP contribution in [0.15, 0.2) is 16.7 Å². The van der Waals surface area contributed by atoms with E-state index in [1.165, 1.54) is 4.90 Å². The van der Waals surface area contributed by atoms with E-state index in [1.807, 2.05) is 0 Å². The van der Waals surface area contributed by atoms with Gasteiger partial charge in [0.15, 0.2) is 0 Å². The molecule has 0 aliphatic carbocycles. The van der Waals surface area contributed by atoms with E-state index in [0.29, 0.717) is 24.1 Å². The molecule has 1 aliphatic rings. The summed E-state index contributed by atoms with van der Waals surface area (Å²) in [4.78, 5) is 16.9. The quantitative estimate of drug-likeness (QED) is 0.911. The van der Waals surface area contributed by atoms with Gasteiger partial charge in [-0.2, -0.15) is 0 Å². The van der Waals surface area contributed by atoms with Crippen molar-refractivity contribution in [2.75, 3.05) is 11.5 Å². The molecule has 0 saturated carbocycles. The van der Waals surface area contributed by atoms with Gasteiger partial charge in [0.25, 0.3) is 0 Å². The van der Waals surface area contributed by atoms with Crippen molar-refractivity contribution in [3.8, 4) is 5.88 Å². The number of carboxylic acid groups (broad SMARTS) is 1. The first-order valence-corrected chi connectivity index (χ1v) is 6.59. The van der Waals surface area contributed by atoms with E-state index in [0.717, 1.165) is 10.9 Å². The zero-order chi connectivity index (χ0) is 13.3. The van der Waals surface area contributed by atoms with Gasteiger partial charge in [-0.1, -0.05) is 13.8 Å². The van der Waals surface area contributed by atoms with Crippen LogP contribution in [-0.4, -0.2) is 28.8 Å². The maximum Gasteiger partial charge on any atom is 0.412 e. The topological polar surface area (TPSA) is 62.7 Å². The van der Waals surface area contributed by atoms with Gasteiger partial charge in [-0.25, -0.2) is 9.78 Å². The lowest BCUT2D eigenvalue weighted by molar-refractivity contribution is 0.182. The second-order valence-electron chi connectivity index (χ2n) is 4.72. The highest BCUT2D eigenvalue weighted by Crippen LogP contribution is 2.35. The first-order valence-electron chi connectivity index (χ1n) is 5.79. The summed E-state index contributed by atoms with van der Waals surface area (Å²) < 4.78 is 6.27. The summed E-state index contributed by atoms with van der Waals surface area (Å²) in [5.41, 5.74) is 0.508. The first kappa shape index (κ1) is 13.1. The number of rotatable bonds is 2. The summed E-state index contributed by atoms with van der Waals surface area (Å²) in [7, 11) is 0. The van der Waals surface area contributed by atoms with Gasteiger partial charge in [0.2, 0.25) is 5.88 Å². The highest BCUT2D eigenvalue weighted by molar-refractivity contribution is 9.10. The van der Waals surface area contributed by atoms with Crippen molar-refractivity contribution >= 4 is 27.7 Å². The van der Waals surface area contributed by atoms with Crippen LogP contribution in [-0.2, 0) is 0 Å². The molecule has 0 saturated heterocycles. The average Bonchev–Trinajstić information content (AvgIpc) is 2.26. The van der Waals surface area contributed by atoms with Crippen LogP contribution in [0.3, 0.4) is 0 Å². The van der Waals surface area contributed by atoms with Crippen molar-refractivity contribution < 1.29 is 14.6 Å². The first-order chi connectivity index (χ1) is 8.49. The highest BCUT2D eigenvalue weighted by atomic mass is 79.9. The molecule has 5 nitrogen and oxygen atoms in total. The molecule has 1 N–H and O–H groups in total. The molecule has 1 aliphatic heterocycles. The van der Waals surface area contributed by atoms with E-state index in [4.69, 9.17) is 4.74 Å². The largest absolute Gasteiger partial charge is 0.474 e. The van der Waals surface area contributed by atoms with Gasteiger partial charge in [-0.15, -0.1) is 0 Å². The summed E-state index contributed by atoms with van der Waals surface area (Å²) in [6.45, 7) is 4.48. The normalized spacial score (nSPS) is 18.4. The second-order valence-corrected chi connectivity index (χ2v) is 5.64. The molecule has 18 heavy (non-hydrogen) atoms. The minimum atomic E-state index is -0.967. The van der Waals surface area contributed by atoms with E-state index >= 15 is 0 Å². The Morgan fingerprint density at radius 3 is 3.06 bits per heavy atom. The molecule has 0 radical (unpaired) electrons. The van der Waals surface area contributed by atoms with Crippen LogP contribution in [0, 0.1) is 5.92 Å². The monoisotopic (exact) mass is 314 g/mol. The van der Waals surface area contributed by atoms with Gasteiger partial charge in [-0.05, 0) is 34.3 Å². The van der Waals surface area contributed by atoms with E-state index in [1.54, 1.807) is 12.3 Å². The minimum absolute atomic E-state index is 0.161. The molecule has 0 bridgehead atoms. The lowest BCUT2D eigenvalue weighted by atomic mass is 10.0. The number of hydrogen-bond donors (Lipinski definition) is 1. The van der Waals surface area contributed by atoms with Gasteiger partial charge in [-0.3, -0.25) is 4.90 Å². The fraction of sp³-hybridized carbons (Fsp3) is 0.500. The number of hydrogen-bond acceptors (Lipinski definition) is 3. The molecule has 1 amide bonds. The fourth-order valence-electron chi connectivity index (χ4n) is 2.12. The Labute approximate surface area is 114 Å². The SMILES string of the molecule is CC(C)CC1COc2ncc(Br)cc2N1C(=O)O.